The second-order valence-corrected chi connectivity index (χ2v) is 5.51. The Bertz CT molecular complexity index is 704. The van der Waals surface area contributed by atoms with Gasteiger partial charge in [-0.3, -0.25) is 5.32 Å². The quantitative estimate of drug-likeness (QED) is 0.885. The minimum absolute atomic E-state index is 0.0825. The predicted molar refractivity (Wildman–Crippen MR) is 78.6 cm³/mol. The molecule has 110 valence electrons. The molecule has 1 aromatic carbocycles. The highest BCUT2D eigenvalue weighted by molar-refractivity contribution is 5.99. The average Bonchev–Trinajstić information content (AvgIpc) is 2.36. The van der Waals surface area contributed by atoms with Gasteiger partial charge in [0.25, 0.3) is 0 Å². The number of amides is 1. The number of nitrogens with zero attached hydrogens (tertiary/aromatic N) is 1. The smallest absolute Gasteiger partial charge is 0.412 e. The number of pyridine rings is 1. The van der Waals surface area contributed by atoms with Crippen molar-refractivity contribution in [1.82, 2.24) is 4.98 Å². The predicted octanol–water partition coefficient (Wildman–Crippen LogP) is 3.28. The molecule has 0 fully saturated rings. The molecule has 1 aromatic heterocycles. The maximum absolute atomic E-state index is 11.8. The van der Waals surface area contributed by atoms with Crippen LogP contribution in [0.1, 0.15) is 31.3 Å². The molecule has 0 atom stereocenters. The van der Waals surface area contributed by atoms with Gasteiger partial charge in [0.1, 0.15) is 11.3 Å². The summed E-state index contributed by atoms with van der Waals surface area (Å²) < 4.78 is 5.17. The zero-order valence-electron chi connectivity index (χ0n) is 12.0. The molecular formula is C15H16N2O4. The maximum Gasteiger partial charge on any atom is 0.412 e. The lowest BCUT2D eigenvalue weighted by atomic mass is 10.1. The number of benzene rings is 1. The summed E-state index contributed by atoms with van der Waals surface area (Å²) in [5.74, 6) is -1.12. The molecule has 0 spiro atoms. The Hall–Kier alpha value is -2.63. The van der Waals surface area contributed by atoms with Crippen LogP contribution in [0.3, 0.4) is 0 Å². The number of ether oxygens (including phenoxy) is 1. The van der Waals surface area contributed by atoms with Gasteiger partial charge in [0.15, 0.2) is 0 Å². The number of anilines is 1. The highest BCUT2D eigenvalue weighted by atomic mass is 16.6. The van der Waals surface area contributed by atoms with E-state index in [1.807, 2.05) is 0 Å². The monoisotopic (exact) mass is 288 g/mol. The molecule has 6 nitrogen and oxygen atoms in total. The van der Waals surface area contributed by atoms with Crippen molar-refractivity contribution in [2.45, 2.75) is 26.4 Å². The summed E-state index contributed by atoms with van der Waals surface area (Å²) in [6, 6.07) is 8.24. The highest BCUT2D eigenvalue weighted by Gasteiger charge is 2.17. The third-order valence-electron chi connectivity index (χ3n) is 2.57. The van der Waals surface area contributed by atoms with Crippen molar-refractivity contribution in [2.75, 3.05) is 5.32 Å². The third kappa shape index (κ3) is 3.68. The van der Waals surface area contributed by atoms with Crippen molar-refractivity contribution in [1.29, 1.82) is 0 Å². The van der Waals surface area contributed by atoms with E-state index in [1.54, 1.807) is 45.0 Å². The van der Waals surface area contributed by atoms with E-state index < -0.39 is 17.7 Å². The average molecular weight is 288 g/mol. The molecule has 21 heavy (non-hydrogen) atoms. The summed E-state index contributed by atoms with van der Waals surface area (Å²) in [6.07, 6.45) is -0.613. The van der Waals surface area contributed by atoms with E-state index in [2.05, 4.69) is 10.3 Å². The summed E-state index contributed by atoms with van der Waals surface area (Å²) in [6.45, 7) is 5.28. The van der Waals surface area contributed by atoms with Gasteiger partial charge in [-0.05, 0) is 32.9 Å². The molecule has 0 aliphatic rings. The molecule has 6 heteroatoms. The molecule has 2 aromatic rings. The number of hydrogen-bond donors (Lipinski definition) is 2. The van der Waals surface area contributed by atoms with Crippen molar-refractivity contribution in [3.8, 4) is 0 Å². The third-order valence-corrected chi connectivity index (χ3v) is 2.57. The van der Waals surface area contributed by atoms with E-state index in [0.29, 0.717) is 11.2 Å². The van der Waals surface area contributed by atoms with E-state index in [0.717, 1.165) is 5.39 Å². The van der Waals surface area contributed by atoms with Crippen LogP contribution >= 0.6 is 0 Å². The SMILES string of the molecule is CC(C)(C)OC(=O)Nc1cccc2ccc(C(=O)O)nc12. The largest absolute Gasteiger partial charge is 0.477 e. The minimum Gasteiger partial charge on any atom is -0.477 e. The number of aromatic carboxylic acids is 1. The molecular weight excluding hydrogens is 272 g/mol. The first-order valence-corrected chi connectivity index (χ1v) is 6.39. The lowest BCUT2D eigenvalue weighted by molar-refractivity contribution is 0.0634. The van der Waals surface area contributed by atoms with Crippen LogP contribution in [0.2, 0.25) is 0 Å². The number of carbonyl (C=O) groups is 2. The molecule has 2 rings (SSSR count). The molecule has 0 aliphatic heterocycles. The first-order chi connectivity index (χ1) is 9.76. The lowest BCUT2D eigenvalue weighted by Gasteiger charge is -2.20. The normalized spacial score (nSPS) is 11.2. The van der Waals surface area contributed by atoms with Crippen molar-refractivity contribution >= 4 is 28.7 Å². The first-order valence-electron chi connectivity index (χ1n) is 6.39. The van der Waals surface area contributed by atoms with Crippen LogP contribution in [0, 0.1) is 0 Å². The molecule has 0 unspecified atom stereocenters. The Labute approximate surface area is 121 Å². The fraction of sp³-hybridized carbons (Fsp3) is 0.267. The van der Waals surface area contributed by atoms with Crippen LogP contribution in [0.5, 0.6) is 0 Å². The Kier molecular flexibility index (Phi) is 3.80. The van der Waals surface area contributed by atoms with Crippen LogP contribution in [0.15, 0.2) is 30.3 Å². The van der Waals surface area contributed by atoms with Gasteiger partial charge in [-0.25, -0.2) is 14.6 Å². The number of aromatic nitrogens is 1. The summed E-state index contributed by atoms with van der Waals surface area (Å²) in [5, 5.41) is 12.3. The Morgan fingerprint density at radius 3 is 2.52 bits per heavy atom. The van der Waals surface area contributed by atoms with Gasteiger partial charge in [0.2, 0.25) is 0 Å². The number of para-hydroxylation sites is 1. The summed E-state index contributed by atoms with van der Waals surface area (Å²) >= 11 is 0. The van der Waals surface area contributed by atoms with Crippen LogP contribution < -0.4 is 5.32 Å². The van der Waals surface area contributed by atoms with Crippen molar-refractivity contribution < 1.29 is 19.4 Å². The molecule has 0 saturated heterocycles. The van der Waals surface area contributed by atoms with Crippen LogP contribution in [0.4, 0.5) is 10.5 Å². The standard InChI is InChI=1S/C15H16N2O4/c1-15(2,3)21-14(20)17-10-6-4-5-9-7-8-11(13(18)19)16-12(9)10/h4-8H,1-3H3,(H,17,20)(H,18,19). The Morgan fingerprint density at radius 1 is 1.19 bits per heavy atom. The minimum atomic E-state index is -1.12. The van der Waals surface area contributed by atoms with Crippen LogP contribution in [-0.2, 0) is 4.74 Å². The zero-order valence-corrected chi connectivity index (χ0v) is 12.0. The van der Waals surface area contributed by atoms with Crippen molar-refractivity contribution in [3.63, 3.8) is 0 Å². The molecule has 1 heterocycles. The molecule has 2 N–H and O–H groups in total. The maximum atomic E-state index is 11.8. The van der Waals surface area contributed by atoms with Gasteiger partial charge in [-0.1, -0.05) is 18.2 Å². The van der Waals surface area contributed by atoms with Gasteiger partial charge in [-0.15, -0.1) is 0 Å². The van der Waals surface area contributed by atoms with E-state index in [4.69, 9.17) is 9.84 Å². The fourth-order valence-corrected chi connectivity index (χ4v) is 1.78. The first kappa shape index (κ1) is 14.8. The van der Waals surface area contributed by atoms with E-state index in [1.165, 1.54) is 6.07 Å². The topological polar surface area (TPSA) is 88.5 Å². The zero-order chi connectivity index (χ0) is 15.6. The summed E-state index contributed by atoms with van der Waals surface area (Å²) in [5.41, 5.74) is 0.114. The Morgan fingerprint density at radius 2 is 1.90 bits per heavy atom. The number of carbonyl (C=O) groups excluding carboxylic acids is 1. The van der Waals surface area contributed by atoms with Crippen molar-refractivity contribution in [2.24, 2.45) is 0 Å². The van der Waals surface area contributed by atoms with Crippen molar-refractivity contribution in [3.05, 3.63) is 36.0 Å². The second-order valence-electron chi connectivity index (χ2n) is 5.51. The summed E-state index contributed by atoms with van der Waals surface area (Å²) in [7, 11) is 0. The Balaban J connectivity index is 2.37. The molecule has 0 aliphatic carbocycles. The van der Waals surface area contributed by atoms with Gasteiger partial charge < -0.3 is 9.84 Å². The number of hydrogen-bond acceptors (Lipinski definition) is 4. The highest BCUT2D eigenvalue weighted by Crippen LogP contribution is 2.22. The van der Waals surface area contributed by atoms with Gasteiger partial charge >= 0.3 is 12.1 Å². The van der Waals surface area contributed by atoms with Gasteiger partial charge in [-0.2, -0.15) is 0 Å². The van der Waals surface area contributed by atoms with Gasteiger partial charge in [0, 0.05) is 5.39 Å². The van der Waals surface area contributed by atoms with Crippen LogP contribution in [-0.4, -0.2) is 27.8 Å². The van der Waals surface area contributed by atoms with Crippen LogP contribution in [0.25, 0.3) is 10.9 Å². The van der Waals surface area contributed by atoms with E-state index >= 15 is 0 Å². The van der Waals surface area contributed by atoms with E-state index in [9.17, 15) is 9.59 Å². The fourth-order valence-electron chi connectivity index (χ4n) is 1.78. The second kappa shape index (κ2) is 5.40. The molecule has 1 amide bonds. The number of carboxylic acids is 1. The molecule has 0 saturated carbocycles. The van der Waals surface area contributed by atoms with E-state index in [-0.39, 0.29) is 5.69 Å². The molecule has 0 radical (unpaired) electrons. The number of nitrogens with one attached hydrogen (secondary N) is 1. The number of fused-ring (bicyclic) bond motifs is 1. The molecule has 0 bridgehead atoms. The summed E-state index contributed by atoms with van der Waals surface area (Å²) in [4.78, 5) is 26.9. The number of carboxylic acid groups (broad SMARTS) is 1. The lowest BCUT2D eigenvalue weighted by Crippen LogP contribution is -2.27. The number of rotatable bonds is 2. The van der Waals surface area contributed by atoms with Gasteiger partial charge in [0.05, 0.1) is 11.2 Å².